The first kappa shape index (κ1) is 23.9. The number of anilines is 1. The van der Waals surface area contributed by atoms with Crippen LogP contribution in [0.2, 0.25) is 10.0 Å². The van der Waals surface area contributed by atoms with E-state index in [1.165, 1.54) is 24.3 Å². The van der Waals surface area contributed by atoms with Crippen molar-refractivity contribution in [3.05, 3.63) is 104 Å². The molecule has 3 aromatic carbocycles. The Morgan fingerprint density at radius 2 is 1.74 bits per heavy atom. The third-order valence-electron chi connectivity index (χ3n) is 5.00. The van der Waals surface area contributed by atoms with Gasteiger partial charge in [0.25, 0.3) is 17.5 Å². The molecule has 4 rings (SSSR count). The van der Waals surface area contributed by atoms with E-state index in [1.807, 2.05) is 0 Å². The van der Waals surface area contributed by atoms with E-state index in [1.54, 1.807) is 42.5 Å². The van der Waals surface area contributed by atoms with Crippen LogP contribution in [0.5, 0.6) is 5.75 Å². The number of amides is 4. The lowest BCUT2D eigenvalue weighted by Gasteiger charge is -2.26. The van der Waals surface area contributed by atoms with Crippen LogP contribution in [-0.2, 0) is 16.2 Å². The minimum atomic E-state index is -1.01. The zero-order valence-corrected chi connectivity index (χ0v) is 19.2. The van der Waals surface area contributed by atoms with E-state index in [-0.39, 0.29) is 23.6 Å². The van der Waals surface area contributed by atoms with Crippen LogP contribution < -0.4 is 15.0 Å². The number of barbiturate groups is 1. The number of nitrogens with zero attached hydrogens (tertiary/aromatic N) is 2. The zero-order valence-electron chi connectivity index (χ0n) is 17.7. The van der Waals surface area contributed by atoms with Crippen molar-refractivity contribution in [3.63, 3.8) is 0 Å². The maximum atomic E-state index is 13.1. The Kier molecular flexibility index (Phi) is 6.81. The van der Waals surface area contributed by atoms with Gasteiger partial charge in [0.2, 0.25) is 0 Å². The molecule has 3 aromatic rings. The van der Waals surface area contributed by atoms with Gasteiger partial charge in [-0.25, -0.2) is 9.69 Å². The van der Waals surface area contributed by atoms with Gasteiger partial charge in [-0.1, -0.05) is 53.5 Å². The van der Waals surface area contributed by atoms with Crippen molar-refractivity contribution >= 4 is 58.5 Å². The van der Waals surface area contributed by atoms with Crippen LogP contribution in [0.1, 0.15) is 11.1 Å². The van der Waals surface area contributed by atoms with Gasteiger partial charge in [0, 0.05) is 17.7 Å². The Bertz CT molecular complexity index is 1410. The molecule has 0 aromatic heterocycles. The van der Waals surface area contributed by atoms with Gasteiger partial charge in [0.05, 0.1) is 20.7 Å². The number of urea groups is 1. The summed E-state index contributed by atoms with van der Waals surface area (Å²) in [5.41, 5.74) is 0.438. The molecule has 9 nitrogen and oxygen atoms in total. The lowest BCUT2D eigenvalue weighted by Crippen LogP contribution is -2.54. The van der Waals surface area contributed by atoms with Crippen LogP contribution in [0.4, 0.5) is 16.2 Å². The van der Waals surface area contributed by atoms with Gasteiger partial charge in [-0.15, -0.1) is 0 Å². The standard InChI is InChI=1S/C24H15Cl2N3O6/c25-19-9-8-14(10-20(19)26)13-35-21-7-2-1-4-15(21)11-18-22(30)27-24(32)28(23(18)31)16-5-3-6-17(12-16)29(33)34/h1-12H,13H2,(H,27,30,32)/b18-11+. The molecule has 1 heterocycles. The molecule has 0 aliphatic carbocycles. The maximum Gasteiger partial charge on any atom is 0.335 e. The quantitative estimate of drug-likeness (QED) is 0.211. The highest BCUT2D eigenvalue weighted by Gasteiger charge is 2.37. The van der Waals surface area contributed by atoms with E-state index in [4.69, 9.17) is 27.9 Å². The van der Waals surface area contributed by atoms with Crippen molar-refractivity contribution < 1.29 is 24.0 Å². The van der Waals surface area contributed by atoms with Gasteiger partial charge in [-0.2, -0.15) is 0 Å². The fraction of sp³-hybridized carbons (Fsp3) is 0.0417. The summed E-state index contributed by atoms with van der Waals surface area (Å²) in [5.74, 6) is -1.47. The van der Waals surface area contributed by atoms with E-state index in [0.29, 0.717) is 26.3 Å². The minimum Gasteiger partial charge on any atom is -0.488 e. The number of nitro benzene ring substituents is 1. The van der Waals surface area contributed by atoms with Crippen LogP contribution >= 0.6 is 23.2 Å². The average molecular weight is 512 g/mol. The third-order valence-corrected chi connectivity index (χ3v) is 5.74. The molecule has 1 aliphatic rings. The molecule has 1 aliphatic heterocycles. The Balaban J connectivity index is 1.64. The fourth-order valence-corrected chi connectivity index (χ4v) is 3.64. The second-order valence-corrected chi connectivity index (χ2v) is 8.12. The normalized spacial score (nSPS) is 14.7. The zero-order chi connectivity index (χ0) is 25.1. The van der Waals surface area contributed by atoms with Gasteiger partial charge < -0.3 is 4.74 Å². The van der Waals surface area contributed by atoms with Gasteiger partial charge in [-0.3, -0.25) is 25.0 Å². The molecule has 0 saturated carbocycles. The molecule has 4 amide bonds. The summed E-state index contributed by atoms with van der Waals surface area (Å²) in [5, 5.41) is 14.0. The summed E-state index contributed by atoms with van der Waals surface area (Å²) in [6, 6.07) is 15.7. The van der Waals surface area contributed by atoms with Crippen molar-refractivity contribution in [3.8, 4) is 5.75 Å². The molecule has 11 heteroatoms. The maximum absolute atomic E-state index is 13.1. The molecular weight excluding hydrogens is 497 g/mol. The number of hydrogen-bond acceptors (Lipinski definition) is 6. The molecule has 0 spiro atoms. The lowest BCUT2D eigenvalue weighted by molar-refractivity contribution is -0.384. The minimum absolute atomic E-state index is 0.0516. The van der Waals surface area contributed by atoms with Crippen LogP contribution in [0, 0.1) is 10.1 Å². The molecule has 176 valence electrons. The van der Waals surface area contributed by atoms with E-state index < -0.39 is 22.8 Å². The first-order valence-corrected chi connectivity index (χ1v) is 10.8. The molecule has 0 radical (unpaired) electrons. The Labute approximate surface area is 208 Å². The average Bonchev–Trinajstić information content (AvgIpc) is 2.83. The largest absolute Gasteiger partial charge is 0.488 e. The lowest BCUT2D eigenvalue weighted by atomic mass is 10.1. The first-order valence-electron chi connectivity index (χ1n) is 10.1. The summed E-state index contributed by atoms with van der Waals surface area (Å²) in [7, 11) is 0. The number of carbonyl (C=O) groups excluding carboxylic acids is 3. The fourth-order valence-electron chi connectivity index (χ4n) is 3.31. The van der Waals surface area contributed by atoms with Crippen LogP contribution in [0.15, 0.2) is 72.3 Å². The smallest absolute Gasteiger partial charge is 0.335 e. The number of nitrogens with one attached hydrogen (secondary N) is 1. The molecule has 0 bridgehead atoms. The number of carbonyl (C=O) groups is 3. The number of ether oxygens (including phenoxy) is 1. The van der Waals surface area contributed by atoms with Crippen LogP contribution in [0.3, 0.4) is 0 Å². The van der Waals surface area contributed by atoms with E-state index in [0.717, 1.165) is 11.6 Å². The monoisotopic (exact) mass is 511 g/mol. The molecule has 35 heavy (non-hydrogen) atoms. The summed E-state index contributed by atoms with van der Waals surface area (Å²) in [4.78, 5) is 49.2. The van der Waals surface area contributed by atoms with Crippen LogP contribution in [-0.4, -0.2) is 22.8 Å². The SMILES string of the molecule is O=C1NC(=O)N(c2cccc([N+](=O)[O-])c2)C(=O)/C1=C/c1ccccc1OCc1ccc(Cl)c(Cl)c1. The highest BCUT2D eigenvalue weighted by atomic mass is 35.5. The highest BCUT2D eigenvalue weighted by Crippen LogP contribution is 2.28. The Hall–Kier alpha value is -4.21. The predicted molar refractivity (Wildman–Crippen MR) is 129 cm³/mol. The molecule has 0 atom stereocenters. The van der Waals surface area contributed by atoms with Crippen molar-refractivity contribution in [2.75, 3.05) is 4.90 Å². The Morgan fingerprint density at radius 3 is 2.49 bits per heavy atom. The van der Waals surface area contributed by atoms with E-state index in [9.17, 15) is 24.5 Å². The van der Waals surface area contributed by atoms with Gasteiger partial charge in [0.1, 0.15) is 17.9 Å². The second kappa shape index (κ2) is 9.96. The van der Waals surface area contributed by atoms with Gasteiger partial charge in [-0.05, 0) is 35.9 Å². The topological polar surface area (TPSA) is 119 Å². The summed E-state index contributed by atoms with van der Waals surface area (Å²) in [6.07, 6.45) is 1.29. The predicted octanol–water partition coefficient (Wildman–Crippen LogP) is 5.15. The number of para-hydroxylation sites is 1. The van der Waals surface area contributed by atoms with Crippen molar-refractivity contribution in [2.45, 2.75) is 6.61 Å². The van der Waals surface area contributed by atoms with Gasteiger partial charge >= 0.3 is 6.03 Å². The molecule has 1 fully saturated rings. The number of imide groups is 2. The number of non-ortho nitro benzene ring substituents is 1. The number of hydrogen-bond donors (Lipinski definition) is 1. The highest BCUT2D eigenvalue weighted by molar-refractivity contribution is 6.42. The van der Waals surface area contributed by atoms with Crippen molar-refractivity contribution in [2.24, 2.45) is 0 Å². The Morgan fingerprint density at radius 1 is 0.971 bits per heavy atom. The third kappa shape index (κ3) is 5.16. The molecular formula is C24H15Cl2N3O6. The summed E-state index contributed by atoms with van der Waals surface area (Å²) < 4.78 is 5.86. The van der Waals surface area contributed by atoms with Crippen LogP contribution in [0.25, 0.3) is 6.08 Å². The molecule has 1 N–H and O–H groups in total. The molecule has 1 saturated heterocycles. The van der Waals surface area contributed by atoms with Gasteiger partial charge in [0.15, 0.2) is 0 Å². The second-order valence-electron chi connectivity index (χ2n) is 7.31. The summed E-state index contributed by atoms with van der Waals surface area (Å²) in [6.45, 7) is 0.134. The number of rotatable bonds is 6. The first-order chi connectivity index (χ1) is 16.7. The number of nitro groups is 1. The van der Waals surface area contributed by atoms with Crippen molar-refractivity contribution in [1.29, 1.82) is 0 Å². The number of benzene rings is 3. The summed E-state index contributed by atoms with van der Waals surface area (Å²) >= 11 is 12.0. The van der Waals surface area contributed by atoms with E-state index >= 15 is 0 Å². The van der Waals surface area contributed by atoms with E-state index in [2.05, 4.69) is 5.32 Å². The van der Waals surface area contributed by atoms with Crippen molar-refractivity contribution in [1.82, 2.24) is 5.32 Å². The molecule has 0 unspecified atom stereocenters. The number of halogens is 2.